The van der Waals surface area contributed by atoms with Crippen LogP contribution in [0.5, 0.6) is 5.75 Å². The molecule has 2 fully saturated rings. The molecule has 3 rings (SSSR count). The summed E-state index contributed by atoms with van der Waals surface area (Å²) in [6.45, 7) is 7.84. The van der Waals surface area contributed by atoms with Crippen LogP contribution in [-0.2, 0) is 24.3 Å². The van der Waals surface area contributed by atoms with E-state index in [9.17, 15) is 13.2 Å². The molecule has 0 spiro atoms. The van der Waals surface area contributed by atoms with Gasteiger partial charge >= 0.3 is 0 Å². The van der Waals surface area contributed by atoms with Crippen LogP contribution in [0.1, 0.15) is 6.92 Å². The Morgan fingerprint density at radius 2 is 1.66 bits per heavy atom. The second-order valence-corrected chi connectivity index (χ2v) is 8.79. The van der Waals surface area contributed by atoms with Crippen molar-refractivity contribution < 1.29 is 27.4 Å². The van der Waals surface area contributed by atoms with Crippen molar-refractivity contribution in [3.05, 3.63) is 24.3 Å². The summed E-state index contributed by atoms with van der Waals surface area (Å²) in [4.78, 5) is 16.4. The number of morpholine rings is 2. The monoisotopic (exact) mass is 427 g/mol. The fourth-order valence-corrected chi connectivity index (χ4v) is 4.26. The highest BCUT2D eigenvalue weighted by atomic mass is 32.2. The van der Waals surface area contributed by atoms with Gasteiger partial charge in [0.15, 0.2) is 6.10 Å². The maximum atomic E-state index is 12.5. The first kappa shape index (κ1) is 22.0. The molecule has 0 unspecified atom stereocenters. The molecule has 9 nitrogen and oxygen atoms in total. The average Bonchev–Trinajstić information content (AvgIpc) is 2.75. The van der Waals surface area contributed by atoms with Gasteiger partial charge in [-0.05, 0) is 31.2 Å². The Balaban J connectivity index is 1.49. The maximum Gasteiger partial charge on any atom is 0.263 e. The van der Waals surface area contributed by atoms with Gasteiger partial charge in [0.25, 0.3) is 5.91 Å². The van der Waals surface area contributed by atoms with Crippen molar-refractivity contribution in [2.24, 2.45) is 0 Å². The van der Waals surface area contributed by atoms with Gasteiger partial charge < -0.3 is 19.1 Å². The number of nitrogens with zero attached hydrogens (tertiary/aromatic N) is 2. The molecule has 1 aromatic carbocycles. The van der Waals surface area contributed by atoms with Crippen LogP contribution in [0.25, 0.3) is 0 Å². The Hall–Kier alpha value is -1.72. The predicted octanol–water partition coefficient (Wildman–Crippen LogP) is -0.0768. The molecule has 29 heavy (non-hydrogen) atoms. The van der Waals surface area contributed by atoms with Crippen molar-refractivity contribution >= 4 is 15.9 Å². The number of hydrogen-bond donors (Lipinski definition) is 1. The van der Waals surface area contributed by atoms with Crippen LogP contribution in [-0.4, -0.2) is 95.9 Å². The van der Waals surface area contributed by atoms with Gasteiger partial charge in [-0.2, -0.15) is 0 Å². The Morgan fingerprint density at radius 3 is 2.28 bits per heavy atom. The minimum atomic E-state index is -3.59. The zero-order valence-corrected chi connectivity index (χ0v) is 17.5. The smallest absolute Gasteiger partial charge is 0.263 e. The lowest BCUT2D eigenvalue weighted by Crippen LogP contribution is -2.46. The summed E-state index contributed by atoms with van der Waals surface area (Å²) >= 11 is 0. The van der Waals surface area contributed by atoms with Gasteiger partial charge in [-0.1, -0.05) is 0 Å². The number of rotatable bonds is 8. The van der Waals surface area contributed by atoms with E-state index in [0.717, 1.165) is 13.1 Å². The molecular weight excluding hydrogens is 398 g/mol. The fraction of sp³-hybridized carbons (Fsp3) is 0.632. The highest BCUT2D eigenvalue weighted by Crippen LogP contribution is 2.18. The minimum absolute atomic E-state index is 0.102. The summed E-state index contributed by atoms with van der Waals surface area (Å²) in [5.74, 6) is 0.348. The largest absolute Gasteiger partial charge is 0.481 e. The highest BCUT2D eigenvalue weighted by Gasteiger charge is 2.24. The van der Waals surface area contributed by atoms with E-state index in [0.29, 0.717) is 58.4 Å². The number of benzene rings is 1. The van der Waals surface area contributed by atoms with E-state index in [4.69, 9.17) is 14.2 Å². The molecule has 1 aromatic rings. The Kier molecular flexibility index (Phi) is 7.84. The first-order chi connectivity index (χ1) is 14.0. The zero-order chi connectivity index (χ0) is 20.7. The Bertz CT molecular complexity index is 759. The van der Waals surface area contributed by atoms with E-state index >= 15 is 0 Å². The van der Waals surface area contributed by atoms with Crippen LogP contribution in [0.3, 0.4) is 0 Å². The summed E-state index contributed by atoms with van der Waals surface area (Å²) in [6, 6.07) is 6.11. The minimum Gasteiger partial charge on any atom is -0.481 e. The number of amides is 1. The van der Waals surface area contributed by atoms with Gasteiger partial charge in [0, 0.05) is 39.3 Å². The van der Waals surface area contributed by atoms with Crippen molar-refractivity contribution in [1.29, 1.82) is 0 Å². The normalized spacial score (nSPS) is 19.7. The van der Waals surface area contributed by atoms with Crippen LogP contribution in [0, 0.1) is 0 Å². The summed E-state index contributed by atoms with van der Waals surface area (Å²) in [6.07, 6.45) is -0.651. The molecule has 2 aliphatic heterocycles. The third kappa shape index (κ3) is 6.38. The van der Waals surface area contributed by atoms with Crippen molar-refractivity contribution in [3.63, 3.8) is 0 Å². The molecule has 162 valence electrons. The van der Waals surface area contributed by atoms with Gasteiger partial charge in [0.2, 0.25) is 10.0 Å². The van der Waals surface area contributed by atoms with Gasteiger partial charge in [0.05, 0.1) is 31.3 Å². The Labute approximate surface area is 171 Å². The molecule has 0 radical (unpaired) electrons. The summed E-state index contributed by atoms with van der Waals surface area (Å²) in [5.41, 5.74) is 0. The first-order valence-corrected chi connectivity index (χ1v) is 11.4. The second-order valence-electron chi connectivity index (χ2n) is 7.02. The lowest BCUT2D eigenvalue weighted by Gasteiger charge is -2.29. The quantitative estimate of drug-likeness (QED) is 0.620. The van der Waals surface area contributed by atoms with E-state index in [-0.39, 0.29) is 10.8 Å². The third-order valence-electron chi connectivity index (χ3n) is 4.94. The molecule has 2 aliphatic rings. The van der Waals surface area contributed by atoms with Crippen LogP contribution in [0.2, 0.25) is 0 Å². The van der Waals surface area contributed by atoms with Crippen molar-refractivity contribution in [3.8, 4) is 5.75 Å². The van der Waals surface area contributed by atoms with Gasteiger partial charge in [-0.3, -0.25) is 9.69 Å². The van der Waals surface area contributed by atoms with E-state index in [2.05, 4.69) is 9.62 Å². The van der Waals surface area contributed by atoms with Crippen LogP contribution < -0.4 is 9.46 Å². The number of hydrogen-bond acceptors (Lipinski definition) is 7. The van der Waals surface area contributed by atoms with E-state index in [1.807, 2.05) is 0 Å². The molecule has 2 saturated heterocycles. The number of sulfonamides is 1. The van der Waals surface area contributed by atoms with E-state index < -0.39 is 16.1 Å². The lowest BCUT2D eigenvalue weighted by atomic mass is 10.3. The lowest BCUT2D eigenvalue weighted by molar-refractivity contribution is -0.142. The highest BCUT2D eigenvalue weighted by molar-refractivity contribution is 7.89. The summed E-state index contributed by atoms with van der Waals surface area (Å²) < 4.78 is 43.8. The average molecular weight is 428 g/mol. The number of carbonyl (C=O) groups excluding carboxylic acids is 1. The third-order valence-corrected chi connectivity index (χ3v) is 6.42. The van der Waals surface area contributed by atoms with E-state index in [1.54, 1.807) is 24.0 Å². The molecule has 2 heterocycles. The molecule has 1 N–H and O–H groups in total. The molecular formula is C19H29N3O6S. The van der Waals surface area contributed by atoms with Gasteiger partial charge in [-0.25, -0.2) is 13.1 Å². The summed E-state index contributed by atoms with van der Waals surface area (Å²) in [5, 5.41) is 0. The van der Waals surface area contributed by atoms with Gasteiger partial charge in [0.1, 0.15) is 5.75 Å². The first-order valence-electron chi connectivity index (χ1n) is 9.89. The molecule has 0 aromatic heterocycles. The molecule has 0 aliphatic carbocycles. The van der Waals surface area contributed by atoms with Crippen molar-refractivity contribution in [2.75, 3.05) is 65.7 Å². The molecule has 0 bridgehead atoms. The van der Waals surface area contributed by atoms with Crippen LogP contribution >= 0.6 is 0 Å². The number of ether oxygens (including phenoxy) is 3. The molecule has 1 atom stereocenters. The molecule has 10 heteroatoms. The van der Waals surface area contributed by atoms with Crippen LogP contribution in [0.4, 0.5) is 0 Å². The number of nitrogens with one attached hydrogen (secondary N) is 1. The van der Waals surface area contributed by atoms with Crippen LogP contribution in [0.15, 0.2) is 29.2 Å². The fourth-order valence-electron chi connectivity index (χ4n) is 3.24. The SMILES string of the molecule is C[C@@H](Oc1ccc(S(=O)(=O)NCCN2CCOCC2)cc1)C(=O)N1CCOCC1. The number of carbonyl (C=O) groups is 1. The topological polar surface area (TPSA) is 97.4 Å². The van der Waals surface area contributed by atoms with Crippen molar-refractivity contribution in [2.45, 2.75) is 17.9 Å². The van der Waals surface area contributed by atoms with E-state index in [1.165, 1.54) is 12.1 Å². The maximum absolute atomic E-state index is 12.5. The second kappa shape index (κ2) is 10.4. The summed E-state index contributed by atoms with van der Waals surface area (Å²) in [7, 11) is -3.59. The Morgan fingerprint density at radius 1 is 1.07 bits per heavy atom. The molecule has 1 amide bonds. The van der Waals surface area contributed by atoms with Gasteiger partial charge in [-0.15, -0.1) is 0 Å². The predicted molar refractivity (Wildman–Crippen MR) is 106 cm³/mol. The standard InChI is InChI=1S/C19H29N3O6S/c1-16(19(23)22-10-14-27-15-11-22)28-17-2-4-18(5-3-17)29(24,25)20-6-7-21-8-12-26-13-9-21/h2-5,16,20H,6-15H2,1H3/t16-/m1/s1. The molecule has 0 saturated carbocycles. The van der Waals surface area contributed by atoms with Crippen molar-refractivity contribution in [1.82, 2.24) is 14.5 Å². The zero-order valence-electron chi connectivity index (χ0n) is 16.7.